The van der Waals surface area contributed by atoms with Gasteiger partial charge in [0.25, 0.3) is 0 Å². The first kappa shape index (κ1) is 17.6. The average Bonchev–Trinajstić information content (AvgIpc) is 2.41. The summed E-state index contributed by atoms with van der Waals surface area (Å²) in [6.07, 6.45) is 0. The number of nitrogens with one attached hydrogen (secondary N) is 2. The molecule has 1 atom stereocenters. The van der Waals surface area contributed by atoms with Crippen LogP contribution in [-0.2, 0) is 14.8 Å². The Morgan fingerprint density at radius 3 is 2.43 bits per heavy atom. The second kappa shape index (κ2) is 7.02. The summed E-state index contributed by atoms with van der Waals surface area (Å²) in [6, 6.07) is 4.79. The van der Waals surface area contributed by atoms with Crippen LogP contribution in [0.3, 0.4) is 0 Å². The monoisotopic (exact) mass is 313 g/mol. The molecule has 6 nitrogen and oxygen atoms in total. The van der Waals surface area contributed by atoms with E-state index in [1.807, 2.05) is 13.8 Å². The lowest BCUT2D eigenvalue weighted by molar-refractivity contribution is -0.120. The Hall–Kier alpha value is -1.44. The third kappa shape index (κ3) is 4.26. The van der Waals surface area contributed by atoms with Crippen molar-refractivity contribution >= 4 is 21.6 Å². The number of hydrogen-bond acceptors (Lipinski definition) is 4. The lowest BCUT2D eigenvalue weighted by atomic mass is 9.95. The second-order valence-electron chi connectivity index (χ2n) is 5.26. The maximum Gasteiger partial charge on any atom is 0.240 e. The van der Waals surface area contributed by atoms with E-state index in [1.165, 1.54) is 13.1 Å². The number of carbonyl (C=O) groups is 1. The van der Waals surface area contributed by atoms with Gasteiger partial charge < -0.3 is 11.1 Å². The van der Waals surface area contributed by atoms with Gasteiger partial charge in [0.2, 0.25) is 15.9 Å². The molecule has 0 saturated heterocycles. The highest BCUT2D eigenvalue weighted by Gasteiger charge is 2.21. The molecule has 0 radical (unpaired) electrons. The van der Waals surface area contributed by atoms with Gasteiger partial charge in [-0.2, -0.15) is 0 Å². The minimum atomic E-state index is -3.56. The quantitative estimate of drug-likeness (QED) is 0.731. The van der Waals surface area contributed by atoms with Crippen molar-refractivity contribution in [3.05, 3.63) is 23.8 Å². The maximum atomic E-state index is 12.1. The lowest BCUT2D eigenvalue weighted by Gasteiger charge is -2.18. The second-order valence-corrected chi connectivity index (χ2v) is 7.12. The fraction of sp³-hybridized carbons (Fsp3) is 0.500. The first-order valence-corrected chi connectivity index (χ1v) is 8.26. The topological polar surface area (TPSA) is 101 Å². The van der Waals surface area contributed by atoms with Crippen LogP contribution in [-0.4, -0.2) is 27.9 Å². The minimum absolute atomic E-state index is 0.112. The molecule has 0 fully saturated rings. The van der Waals surface area contributed by atoms with E-state index in [2.05, 4.69) is 10.0 Å². The molecule has 0 aliphatic rings. The van der Waals surface area contributed by atoms with Gasteiger partial charge in [-0.05, 0) is 37.6 Å². The number of carbonyl (C=O) groups excluding carboxylic acids is 1. The Balaban J connectivity index is 3.07. The van der Waals surface area contributed by atoms with E-state index in [9.17, 15) is 13.2 Å². The first-order valence-electron chi connectivity index (χ1n) is 6.78. The van der Waals surface area contributed by atoms with Crippen LogP contribution in [0, 0.1) is 18.8 Å². The van der Waals surface area contributed by atoms with Crippen molar-refractivity contribution in [1.29, 1.82) is 0 Å². The summed E-state index contributed by atoms with van der Waals surface area (Å²) in [6.45, 7) is 5.79. The van der Waals surface area contributed by atoms with Gasteiger partial charge in [0, 0.05) is 12.2 Å². The highest BCUT2D eigenvalue weighted by atomic mass is 32.2. The highest BCUT2D eigenvalue weighted by molar-refractivity contribution is 7.89. The van der Waals surface area contributed by atoms with E-state index in [0.717, 1.165) is 0 Å². The number of nitrogens with two attached hydrogens (primary N) is 1. The van der Waals surface area contributed by atoms with Crippen LogP contribution in [0.4, 0.5) is 5.69 Å². The summed E-state index contributed by atoms with van der Waals surface area (Å²) < 4.78 is 26.1. The summed E-state index contributed by atoms with van der Waals surface area (Å²) in [5, 5.41) is 2.73. The Bertz CT molecular complexity index is 612. The summed E-state index contributed by atoms with van der Waals surface area (Å²) >= 11 is 0. The highest BCUT2D eigenvalue weighted by Crippen LogP contribution is 2.21. The summed E-state index contributed by atoms with van der Waals surface area (Å²) in [5.74, 6) is -0.402. The van der Waals surface area contributed by atoms with E-state index in [4.69, 9.17) is 5.73 Å². The number of sulfonamides is 1. The molecule has 1 amide bonds. The van der Waals surface area contributed by atoms with Crippen LogP contribution in [0.2, 0.25) is 0 Å². The van der Waals surface area contributed by atoms with Crippen LogP contribution in [0.25, 0.3) is 0 Å². The van der Waals surface area contributed by atoms with E-state index in [0.29, 0.717) is 11.3 Å². The van der Waals surface area contributed by atoms with Crippen molar-refractivity contribution in [2.75, 3.05) is 18.9 Å². The fourth-order valence-electron chi connectivity index (χ4n) is 1.99. The zero-order chi connectivity index (χ0) is 16.2. The van der Waals surface area contributed by atoms with Crippen LogP contribution in [0.15, 0.2) is 23.1 Å². The van der Waals surface area contributed by atoms with Crippen molar-refractivity contribution < 1.29 is 13.2 Å². The maximum absolute atomic E-state index is 12.1. The zero-order valence-electron chi connectivity index (χ0n) is 12.8. The molecular weight excluding hydrogens is 290 g/mol. The number of aryl methyl sites for hydroxylation is 1. The Labute approximate surface area is 126 Å². The van der Waals surface area contributed by atoms with Crippen molar-refractivity contribution in [2.24, 2.45) is 17.6 Å². The molecule has 0 bridgehead atoms. The first-order chi connectivity index (χ1) is 9.72. The third-order valence-corrected chi connectivity index (χ3v) is 4.97. The minimum Gasteiger partial charge on any atom is -0.330 e. The van der Waals surface area contributed by atoms with Gasteiger partial charge in [-0.15, -0.1) is 0 Å². The third-order valence-electron chi connectivity index (χ3n) is 3.41. The zero-order valence-corrected chi connectivity index (χ0v) is 13.6. The predicted molar refractivity (Wildman–Crippen MR) is 83.4 cm³/mol. The molecule has 1 aromatic rings. The van der Waals surface area contributed by atoms with Gasteiger partial charge in [-0.3, -0.25) is 4.79 Å². The fourth-order valence-corrected chi connectivity index (χ4v) is 2.99. The summed E-state index contributed by atoms with van der Waals surface area (Å²) in [5.41, 5.74) is 6.66. The summed E-state index contributed by atoms with van der Waals surface area (Å²) in [7, 11) is -2.20. The smallest absolute Gasteiger partial charge is 0.240 e. The molecule has 7 heteroatoms. The van der Waals surface area contributed by atoms with Crippen LogP contribution in [0.5, 0.6) is 0 Å². The van der Waals surface area contributed by atoms with Crippen molar-refractivity contribution in [3.8, 4) is 0 Å². The van der Waals surface area contributed by atoms with Crippen LogP contribution in [0.1, 0.15) is 19.4 Å². The van der Waals surface area contributed by atoms with Gasteiger partial charge in [0.1, 0.15) is 0 Å². The normalized spacial score (nSPS) is 13.2. The van der Waals surface area contributed by atoms with Crippen molar-refractivity contribution in [1.82, 2.24) is 4.72 Å². The van der Waals surface area contributed by atoms with Crippen LogP contribution < -0.4 is 15.8 Å². The molecule has 1 aromatic carbocycles. The molecule has 0 aliphatic heterocycles. The van der Waals surface area contributed by atoms with Gasteiger partial charge >= 0.3 is 0 Å². The van der Waals surface area contributed by atoms with E-state index < -0.39 is 10.0 Å². The van der Waals surface area contributed by atoms with Gasteiger partial charge in [-0.25, -0.2) is 13.1 Å². The summed E-state index contributed by atoms with van der Waals surface area (Å²) in [4.78, 5) is 12.3. The molecular formula is C14H23N3O3S. The number of rotatable bonds is 6. The largest absolute Gasteiger partial charge is 0.330 e. The number of anilines is 1. The van der Waals surface area contributed by atoms with Crippen molar-refractivity contribution in [2.45, 2.75) is 25.7 Å². The van der Waals surface area contributed by atoms with E-state index in [1.54, 1.807) is 19.1 Å². The number of benzene rings is 1. The van der Waals surface area contributed by atoms with Crippen molar-refractivity contribution in [3.63, 3.8) is 0 Å². The molecule has 1 unspecified atom stereocenters. The molecule has 118 valence electrons. The number of hydrogen-bond donors (Lipinski definition) is 3. The predicted octanol–water partition coefficient (Wildman–Crippen LogP) is 1.07. The lowest BCUT2D eigenvalue weighted by Crippen LogP contribution is -2.33. The molecule has 0 aromatic heterocycles. The molecule has 4 N–H and O–H groups in total. The van der Waals surface area contributed by atoms with Gasteiger partial charge in [0.15, 0.2) is 0 Å². The van der Waals surface area contributed by atoms with E-state index >= 15 is 0 Å². The molecule has 0 aliphatic carbocycles. The van der Waals surface area contributed by atoms with E-state index in [-0.39, 0.29) is 29.2 Å². The Morgan fingerprint density at radius 1 is 1.33 bits per heavy atom. The molecule has 0 heterocycles. The SMILES string of the molecule is CNS(=O)(=O)c1cc(NC(=O)C(CN)C(C)C)ccc1C. The Morgan fingerprint density at radius 2 is 1.95 bits per heavy atom. The number of amides is 1. The molecule has 0 spiro atoms. The molecule has 21 heavy (non-hydrogen) atoms. The molecule has 1 rings (SSSR count). The van der Waals surface area contributed by atoms with Crippen LogP contribution >= 0.6 is 0 Å². The standard InChI is InChI=1S/C14H23N3O3S/c1-9(2)12(8-15)14(18)17-11-6-5-10(3)13(7-11)21(19,20)16-4/h5-7,9,12,16H,8,15H2,1-4H3,(H,17,18). The van der Waals surface area contributed by atoms with Gasteiger partial charge in [0.05, 0.1) is 10.8 Å². The average molecular weight is 313 g/mol. The molecule has 0 saturated carbocycles. The Kier molecular flexibility index (Phi) is 5.88. The van der Waals surface area contributed by atoms with Gasteiger partial charge in [-0.1, -0.05) is 19.9 Å².